The maximum Gasteiger partial charge on any atom is 0.254 e. The van der Waals surface area contributed by atoms with Crippen LogP contribution in [0.4, 0.5) is 5.82 Å². The van der Waals surface area contributed by atoms with Crippen LogP contribution >= 0.6 is 0 Å². The molecular weight excluding hydrogens is 250 g/mol. The molecule has 2 N–H and O–H groups in total. The summed E-state index contributed by atoms with van der Waals surface area (Å²) in [7, 11) is 0. The molecule has 1 aliphatic heterocycles. The van der Waals surface area contributed by atoms with E-state index in [4.69, 9.17) is 5.73 Å². The highest BCUT2D eigenvalue weighted by molar-refractivity contribution is 5.95. The zero-order chi connectivity index (χ0) is 14.5. The van der Waals surface area contributed by atoms with Crippen LogP contribution in [0.5, 0.6) is 0 Å². The Balaban J connectivity index is 2.03. The molecule has 2 heterocycles. The van der Waals surface area contributed by atoms with Gasteiger partial charge in [-0.1, -0.05) is 26.7 Å². The average Bonchev–Trinajstić information content (AvgIpc) is 2.47. The molecule has 2 rings (SSSR count). The Morgan fingerprint density at radius 3 is 2.65 bits per heavy atom. The van der Waals surface area contributed by atoms with Gasteiger partial charge in [-0.2, -0.15) is 0 Å². The second-order valence-corrected chi connectivity index (χ2v) is 5.65. The minimum atomic E-state index is 0.101. The third-order valence-electron chi connectivity index (χ3n) is 4.11. The molecule has 1 aromatic heterocycles. The number of anilines is 1. The van der Waals surface area contributed by atoms with Crippen molar-refractivity contribution in [2.45, 2.75) is 46.0 Å². The molecule has 4 nitrogen and oxygen atoms in total. The molecule has 0 saturated carbocycles. The zero-order valence-electron chi connectivity index (χ0n) is 12.6. The molecule has 1 saturated heterocycles. The Labute approximate surface area is 121 Å². The van der Waals surface area contributed by atoms with Crippen LogP contribution in [0.1, 0.15) is 55.6 Å². The van der Waals surface area contributed by atoms with E-state index in [-0.39, 0.29) is 5.91 Å². The topological polar surface area (TPSA) is 59.2 Å². The second-order valence-electron chi connectivity index (χ2n) is 5.65. The van der Waals surface area contributed by atoms with Gasteiger partial charge in [0.25, 0.3) is 5.91 Å². The molecule has 0 atom stereocenters. The van der Waals surface area contributed by atoms with Crippen molar-refractivity contribution < 1.29 is 4.79 Å². The van der Waals surface area contributed by atoms with Gasteiger partial charge in [-0.05, 0) is 37.3 Å². The molecule has 1 fully saturated rings. The molecule has 0 unspecified atom stereocenters. The van der Waals surface area contributed by atoms with Gasteiger partial charge in [0, 0.05) is 24.3 Å². The van der Waals surface area contributed by atoms with Gasteiger partial charge in [0.2, 0.25) is 0 Å². The molecule has 0 spiro atoms. The number of nitrogens with two attached hydrogens (primary N) is 1. The number of pyridine rings is 1. The van der Waals surface area contributed by atoms with Crippen LogP contribution in [0.15, 0.2) is 12.1 Å². The SMILES string of the molecule is CCCC1CCN(C(=O)c2cc(N)nc(CC)c2)CC1. The first-order chi connectivity index (χ1) is 9.63. The summed E-state index contributed by atoms with van der Waals surface area (Å²) in [6, 6.07) is 3.57. The van der Waals surface area contributed by atoms with E-state index in [2.05, 4.69) is 11.9 Å². The van der Waals surface area contributed by atoms with Crippen molar-refractivity contribution >= 4 is 11.7 Å². The van der Waals surface area contributed by atoms with Gasteiger partial charge in [-0.3, -0.25) is 4.79 Å². The smallest absolute Gasteiger partial charge is 0.254 e. The number of nitrogen functional groups attached to an aromatic ring is 1. The van der Waals surface area contributed by atoms with E-state index in [1.165, 1.54) is 12.8 Å². The molecule has 1 aromatic rings. The molecule has 1 aliphatic rings. The van der Waals surface area contributed by atoms with Gasteiger partial charge in [0.15, 0.2) is 0 Å². The van der Waals surface area contributed by atoms with Gasteiger partial charge in [0.1, 0.15) is 5.82 Å². The Morgan fingerprint density at radius 2 is 2.05 bits per heavy atom. The van der Waals surface area contributed by atoms with E-state index in [9.17, 15) is 4.79 Å². The Kier molecular flexibility index (Phi) is 4.99. The molecule has 110 valence electrons. The first-order valence-electron chi connectivity index (χ1n) is 7.69. The lowest BCUT2D eigenvalue weighted by Crippen LogP contribution is -2.38. The number of aromatic nitrogens is 1. The average molecular weight is 275 g/mol. The van der Waals surface area contributed by atoms with Crippen molar-refractivity contribution in [3.63, 3.8) is 0 Å². The highest BCUT2D eigenvalue weighted by atomic mass is 16.2. The fraction of sp³-hybridized carbons (Fsp3) is 0.625. The Hall–Kier alpha value is -1.58. The summed E-state index contributed by atoms with van der Waals surface area (Å²) in [5, 5.41) is 0. The van der Waals surface area contributed by atoms with Crippen molar-refractivity contribution in [1.29, 1.82) is 0 Å². The summed E-state index contributed by atoms with van der Waals surface area (Å²) < 4.78 is 0. The van der Waals surface area contributed by atoms with Crippen molar-refractivity contribution in [3.05, 3.63) is 23.4 Å². The number of piperidine rings is 1. The van der Waals surface area contributed by atoms with Crippen LogP contribution in [-0.2, 0) is 6.42 Å². The molecular formula is C16H25N3O. The number of hydrogen-bond donors (Lipinski definition) is 1. The quantitative estimate of drug-likeness (QED) is 0.919. The molecule has 0 aromatic carbocycles. The number of aryl methyl sites for hydroxylation is 1. The lowest BCUT2D eigenvalue weighted by atomic mass is 9.92. The third kappa shape index (κ3) is 3.50. The molecule has 0 aliphatic carbocycles. The number of amides is 1. The molecule has 4 heteroatoms. The van der Waals surface area contributed by atoms with Gasteiger partial charge < -0.3 is 10.6 Å². The van der Waals surface area contributed by atoms with Crippen LogP contribution in [0.3, 0.4) is 0 Å². The molecule has 0 radical (unpaired) electrons. The van der Waals surface area contributed by atoms with Gasteiger partial charge in [-0.25, -0.2) is 4.98 Å². The number of likely N-dealkylation sites (tertiary alicyclic amines) is 1. The van der Waals surface area contributed by atoms with E-state index in [1.807, 2.05) is 17.9 Å². The maximum absolute atomic E-state index is 12.5. The highest BCUT2D eigenvalue weighted by Gasteiger charge is 2.23. The second kappa shape index (κ2) is 6.73. The summed E-state index contributed by atoms with van der Waals surface area (Å²) in [5.74, 6) is 1.33. The minimum Gasteiger partial charge on any atom is -0.384 e. The fourth-order valence-electron chi connectivity index (χ4n) is 2.93. The Bertz CT molecular complexity index is 465. The summed E-state index contributed by atoms with van der Waals surface area (Å²) in [4.78, 5) is 18.7. The van der Waals surface area contributed by atoms with E-state index < -0.39 is 0 Å². The molecule has 20 heavy (non-hydrogen) atoms. The summed E-state index contributed by atoms with van der Waals surface area (Å²) in [6.07, 6.45) is 5.56. The van der Waals surface area contributed by atoms with E-state index >= 15 is 0 Å². The molecule has 1 amide bonds. The normalized spacial score (nSPS) is 16.4. The monoisotopic (exact) mass is 275 g/mol. The summed E-state index contributed by atoms with van der Waals surface area (Å²) in [6.45, 7) is 5.98. The number of carbonyl (C=O) groups excluding carboxylic acids is 1. The fourth-order valence-corrected chi connectivity index (χ4v) is 2.93. The lowest BCUT2D eigenvalue weighted by Gasteiger charge is -2.32. The zero-order valence-corrected chi connectivity index (χ0v) is 12.6. The first-order valence-corrected chi connectivity index (χ1v) is 7.69. The number of carbonyl (C=O) groups is 1. The van der Waals surface area contributed by atoms with Gasteiger partial charge in [-0.15, -0.1) is 0 Å². The van der Waals surface area contributed by atoms with E-state index in [0.717, 1.165) is 44.0 Å². The Morgan fingerprint density at radius 1 is 1.35 bits per heavy atom. The van der Waals surface area contributed by atoms with Crippen molar-refractivity contribution in [2.75, 3.05) is 18.8 Å². The predicted molar refractivity (Wildman–Crippen MR) is 81.6 cm³/mol. The summed E-state index contributed by atoms with van der Waals surface area (Å²) in [5.41, 5.74) is 7.35. The van der Waals surface area contributed by atoms with E-state index in [1.54, 1.807) is 6.07 Å². The van der Waals surface area contributed by atoms with Crippen molar-refractivity contribution in [1.82, 2.24) is 9.88 Å². The van der Waals surface area contributed by atoms with Crippen LogP contribution in [-0.4, -0.2) is 28.9 Å². The largest absolute Gasteiger partial charge is 0.384 e. The predicted octanol–water partition coefficient (Wildman–Crippen LogP) is 2.88. The first kappa shape index (κ1) is 14.8. The van der Waals surface area contributed by atoms with E-state index in [0.29, 0.717) is 11.4 Å². The maximum atomic E-state index is 12.5. The highest BCUT2D eigenvalue weighted by Crippen LogP contribution is 2.23. The van der Waals surface area contributed by atoms with Crippen LogP contribution < -0.4 is 5.73 Å². The van der Waals surface area contributed by atoms with Crippen molar-refractivity contribution in [3.8, 4) is 0 Å². The van der Waals surface area contributed by atoms with Gasteiger partial charge in [0.05, 0.1) is 0 Å². The lowest BCUT2D eigenvalue weighted by molar-refractivity contribution is 0.0686. The number of rotatable bonds is 4. The number of hydrogen-bond acceptors (Lipinski definition) is 3. The molecule has 0 bridgehead atoms. The third-order valence-corrected chi connectivity index (χ3v) is 4.11. The van der Waals surface area contributed by atoms with Crippen molar-refractivity contribution in [2.24, 2.45) is 5.92 Å². The summed E-state index contributed by atoms with van der Waals surface area (Å²) >= 11 is 0. The van der Waals surface area contributed by atoms with Crippen LogP contribution in [0, 0.1) is 5.92 Å². The standard InChI is InChI=1S/C16H25N3O/c1-3-5-12-6-8-19(9-7-12)16(20)13-10-14(4-2)18-15(17)11-13/h10-12H,3-9H2,1-2H3,(H2,17,18). The minimum absolute atomic E-state index is 0.101. The number of nitrogens with zero attached hydrogens (tertiary/aromatic N) is 2. The van der Waals surface area contributed by atoms with Crippen LogP contribution in [0.2, 0.25) is 0 Å². The van der Waals surface area contributed by atoms with Gasteiger partial charge >= 0.3 is 0 Å². The van der Waals surface area contributed by atoms with Crippen LogP contribution in [0.25, 0.3) is 0 Å².